The molecule has 0 heterocycles. The Bertz CT molecular complexity index is 258. The van der Waals surface area contributed by atoms with Crippen LogP contribution in [0.2, 0.25) is 5.02 Å². The molecule has 0 aromatic heterocycles. The molecule has 0 spiro atoms. The SMILES string of the molecule is C[C@H](O)c1ccc(O)cc1Cl. The van der Waals surface area contributed by atoms with Crippen LogP contribution >= 0.6 is 11.6 Å². The van der Waals surface area contributed by atoms with E-state index in [1.54, 1.807) is 13.0 Å². The van der Waals surface area contributed by atoms with Gasteiger partial charge in [-0.2, -0.15) is 0 Å². The molecule has 0 aliphatic heterocycles. The highest BCUT2D eigenvalue weighted by Crippen LogP contribution is 2.25. The van der Waals surface area contributed by atoms with Crippen molar-refractivity contribution in [2.24, 2.45) is 0 Å². The summed E-state index contributed by atoms with van der Waals surface area (Å²) < 4.78 is 0. The number of benzene rings is 1. The Kier molecular flexibility index (Phi) is 2.37. The molecule has 0 unspecified atom stereocenters. The Labute approximate surface area is 70.1 Å². The summed E-state index contributed by atoms with van der Waals surface area (Å²) in [4.78, 5) is 0. The topological polar surface area (TPSA) is 40.5 Å². The van der Waals surface area contributed by atoms with Gasteiger partial charge in [-0.15, -0.1) is 0 Å². The molecule has 0 amide bonds. The average Bonchev–Trinajstić information content (AvgIpc) is 1.85. The molecule has 0 aliphatic carbocycles. The third kappa shape index (κ3) is 1.85. The molecule has 3 heteroatoms. The van der Waals surface area contributed by atoms with Gasteiger partial charge in [0.1, 0.15) is 5.75 Å². The molecule has 0 radical (unpaired) electrons. The first kappa shape index (κ1) is 8.37. The van der Waals surface area contributed by atoms with Crippen LogP contribution in [0.5, 0.6) is 5.75 Å². The van der Waals surface area contributed by atoms with Crippen molar-refractivity contribution in [2.45, 2.75) is 13.0 Å². The molecule has 0 bridgehead atoms. The maximum absolute atomic E-state index is 9.13. The number of halogens is 1. The predicted molar refractivity (Wildman–Crippen MR) is 43.8 cm³/mol. The zero-order chi connectivity index (χ0) is 8.43. The Hall–Kier alpha value is -0.730. The van der Waals surface area contributed by atoms with E-state index in [1.165, 1.54) is 12.1 Å². The molecular formula is C8H9ClO2. The summed E-state index contributed by atoms with van der Waals surface area (Å²) in [5.41, 5.74) is 0.629. The quantitative estimate of drug-likeness (QED) is 0.681. The van der Waals surface area contributed by atoms with Gasteiger partial charge in [-0.25, -0.2) is 0 Å². The van der Waals surface area contributed by atoms with Crippen LogP contribution in [0.3, 0.4) is 0 Å². The molecule has 1 aromatic rings. The van der Waals surface area contributed by atoms with Crippen LogP contribution in [0.1, 0.15) is 18.6 Å². The molecule has 1 atom stereocenters. The number of aromatic hydroxyl groups is 1. The number of hydrogen-bond acceptors (Lipinski definition) is 2. The minimum Gasteiger partial charge on any atom is -0.508 e. The summed E-state index contributed by atoms with van der Waals surface area (Å²) in [5.74, 6) is 0.111. The Morgan fingerprint density at radius 2 is 2.09 bits per heavy atom. The molecule has 0 fully saturated rings. The van der Waals surface area contributed by atoms with Crippen LogP contribution in [-0.4, -0.2) is 10.2 Å². The van der Waals surface area contributed by atoms with Crippen molar-refractivity contribution in [3.05, 3.63) is 28.8 Å². The molecule has 0 saturated heterocycles. The number of aliphatic hydroxyl groups is 1. The van der Waals surface area contributed by atoms with Crippen molar-refractivity contribution >= 4 is 11.6 Å². The molecule has 11 heavy (non-hydrogen) atoms. The summed E-state index contributed by atoms with van der Waals surface area (Å²) in [5, 5.41) is 18.5. The van der Waals surface area contributed by atoms with Crippen molar-refractivity contribution < 1.29 is 10.2 Å². The van der Waals surface area contributed by atoms with E-state index in [1.807, 2.05) is 0 Å². The van der Waals surface area contributed by atoms with E-state index in [9.17, 15) is 0 Å². The van der Waals surface area contributed by atoms with Gasteiger partial charge in [-0.1, -0.05) is 17.7 Å². The second-order valence-electron chi connectivity index (χ2n) is 2.38. The van der Waals surface area contributed by atoms with Crippen molar-refractivity contribution in [2.75, 3.05) is 0 Å². The van der Waals surface area contributed by atoms with E-state index in [-0.39, 0.29) is 5.75 Å². The third-order valence-corrected chi connectivity index (χ3v) is 1.76. The standard InChI is InChI=1S/C8H9ClO2/c1-5(10)7-3-2-6(11)4-8(7)9/h2-5,10-11H,1H3/t5-/m0/s1. The fourth-order valence-electron chi connectivity index (χ4n) is 0.855. The van der Waals surface area contributed by atoms with Crippen LogP contribution in [-0.2, 0) is 0 Å². The van der Waals surface area contributed by atoms with Gasteiger partial charge in [-0.3, -0.25) is 0 Å². The second kappa shape index (κ2) is 3.11. The minimum absolute atomic E-state index is 0.111. The van der Waals surface area contributed by atoms with Crippen molar-refractivity contribution in [1.82, 2.24) is 0 Å². The van der Waals surface area contributed by atoms with E-state index in [0.717, 1.165) is 0 Å². The Morgan fingerprint density at radius 3 is 2.55 bits per heavy atom. The average molecular weight is 173 g/mol. The highest BCUT2D eigenvalue weighted by Gasteiger charge is 2.05. The van der Waals surface area contributed by atoms with E-state index in [0.29, 0.717) is 10.6 Å². The van der Waals surface area contributed by atoms with Gasteiger partial charge >= 0.3 is 0 Å². The lowest BCUT2D eigenvalue weighted by Gasteiger charge is -2.06. The van der Waals surface area contributed by atoms with E-state index >= 15 is 0 Å². The van der Waals surface area contributed by atoms with Crippen LogP contribution < -0.4 is 0 Å². The second-order valence-corrected chi connectivity index (χ2v) is 2.79. The van der Waals surface area contributed by atoms with Crippen LogP contribution in [0, 0.1) is 0 Å². The van der Waals surface area contributed by atoms with Gasteiger partial charge in [0.15, 0.2) is 0 Å². The highest BCUT2D eigenvalue weighted by atomic mass is 35.5. The fourth-order valence-corrected chi connectivity index (χ4v) is 1.19. The zero-order valence-corrected chi connectivity index (χ0v) is 6.84. The summed E-state index contributed by atoms with van der Waals surface area (Å²) in [6, 6.07) is 4.50. The number of phenols is 1. The normalized spacial score (nSPS) is 13.0. The molecule has 0 saturated carbocycles. The van der Waals surface area contributed by atoms with Gasteiger partial charge in [0.25, 0.3) is 0 Å². The molecule has 2 nitrogen and oxygen atoms in total. The Balaban J connectivity index is 3.09. The molecule has 2 N–H and O–H groups in total. The smallest absolute Gasteiger partial charge is 0.117 e. The van der Waals surface area contributed by atoms with Gasteiger partial charge in [0.05, 0.1) is 11.1 Å². The summed E-state index contributed by atoms with van der Waals surface area (Å²) >= 11 is 5.70. The van der Waals surface area contributed by atoms with Gasteiger partial charge in [0.2, 0.25) is 0 Å². The number of phenolic OH excluding ortho intramolecular Hbond substituents is 1. The number of rotatable bonds is 1. The van der Waals surface area contributed by atoms with Crippen LogP contribution in [0.15, 0.2) is 18.2 Å². The molecule has 1 rings (SSSR count). The predicted octanol–water partition coefficient (Wildman–Crippen LogP) is 2.10. The molecule has 0 aliphatic rings. The zero-order valence-electron chi connectivity index (χ0n) is 6.08. The number of aliphatic hydroxyl groups excluding tert-OH is 1. The third-order valence-electron chi connectivity index (χ3n) is 1.43. The van der Waals surface area contributed by atoms with Crippen molar-refractivity contribution in [1.29, 1.82) is 0 Å². The monoisotopic (exact) mass is 172 g/mol. The van der Waals surface area contributed by atoms with E-state index in [4.69, 9.17) is 21.8 Å². The van der Waals surface area contributed by atoms with Crippen molar-refractivity contribution in [3.8, 4) is 5.75 Å². The van der Waals surface area contributed by atoms with Gasteiger partial charge in [-0.05, 0) is 24.6 Å². The van der Waals surface area contributed by atoms with E-state index in [2.05, 4.69) is 0 Å². The largest absolute Gasteiger partial charge is 0.508 e. The lowest BCUT2D eigenvalue weighted by atomic mass is 10.1. The summed E-state index contributed by atoms with van der Waals surface area (Å²) in [6.45, 7) is 1.62. The maximum atomic E-state index is 9.13. The van der Waals surface area contributed by atoms with Gasteiger partial charge in [0, 0.05) is 0 Å². The van der Waals surface area contributed by atoms with Crippen molar-refractivity contribution in [3.63, 3.8) is 0 Å². The maximum Gasteiger partial charge on any atom is 0.117 e. The Morgan fingerprint density at radius 1 is 1.45 bits per heavy atom. The minimum atomic E-state index is -0.594. The lowest BCUT2D eigenvalue weighted by molar-refractivity contribution is 0.199. The molecular weight excluding hydrogens is 164 g/mol. The summed E-state index contributed by atoms with van der Waals surface area (Å²) in [6.07, 6.45) is -0.594. The van der Waals surface area contributed by atoms with E-state index < -0.39 is 6.10 Å². The highest BCUT2D eigenvalue weighted by molar-refractivity contribution is 6.31. The van der Waals surface area contributed by atoms with Gasteiger partial charge < -0.3 is 10.2 Å². The fraction of sp³-hybridized carbons (Fsp3) is 0.250. The van der Waals surface area contributed by atoms with Crippen LogP contribution in [0.25, 0.3) is 0 Å². The summed E-state index contributed by atoms with van der Waals surface area (Å²) in [7, 11) is 0. The molecule has 60 valence electrons. The first-order chi connectivity index (χ1) is 5.11. The molecule has 1 aromatic carbocycles. The lowest BCUT2D eigenvalue weighted by Crippen LogP contribution is -1.90. The van der Waals surface area contributed by atoms with Crippen LogP contribution in [0.4, 0.5) is 0 Å². The first-order valence-electron chi connectivity index (χ1n) is 3.27. The first-order valence-corrected chi connectivity index (χ1v) is 3.65. The number of hydrogen-bond donors (Lipinski definition) is 2.